The van der Waals surface area contributed by atoms with Gasteiger partial charge in [-0.25, -0.2) is 4.39 Å². The van der Waals surface area contributed by atoms with E-state index in [1.54, 1.807) is 6.07 Å². The summed E-state index contributed by atoms with van der Waals surface area (Å²) in [5, 5.41) is 9.94. The van der Waals surface area contributed by atoms with Gasteiger partial charge in [-0.05, 0) is 24.3 Å². The highest BCUT2D eigenvalue weighted by Gasteiger charge is 2.34. The van der Waals surface area contributed by atoms with Gasteiger partial charge in [0, 0.05) is 28.6 Å². The summed E-state index contributed by atoms with van der Waals surface area (Å²) in [5.41, 5.74) is -1.20. The van der Waals surface area contributed by atoms with Gasteiger partial charge in [-0.15, -0.1) is 11.8 Å². The Hall–Kier alpha value is -1.60. The molecule has 2 nitrogen and oxygen atoms in total. The van der Waals surface area contributed by atoms with Crippen LogP contribution >= 0.6 is 11.8 Å². The average molecular weight is 317 g/mol. The van der Waals surface area contributed by atoms with Gasteiger partial charge in [0.05, 0.1) is 11.7 Å². The fourth-order valence-corrected chi connectivity index (χ4v) is 2.65. The van der Waals surface area contributed by atoms with Crippen LogP contribution in [0.3, 0.4) is 0 Å². The highest BCUT2D eigenvalue weighted by Crippen LogP contribution is 2.35. The first-order valence-corrected chi connectivity index (χ1v) is 6.94. The third-order valence-corrected chi connectivity index (χ3v) is 3.79. The van der Waals surface area contributed by atoms with Crippen LogP contribution in [0.5, 0.6) is 0 Å². The van der Waals surface area contributed by atoms with Crippen LogP contribution in [0.4, 0.5) is 17.6 Å². The molecule has 2 rings (SSSR count). The molecule has 0 aliphatic carbocycles. The number of benzene rings is 1. The number of alkyl halides is 3. The molecule has 1 aromatic heterocycles. The molecule has 0 saturated heterocycles. The Kier molecular flexibility index (Phi) is 4.84. The lowest BCUT2D eigenvalue weighted by atomic mass is 10.1. The molecule has 0 fully saturated rings. The van der Waals surface area contributed by atoms with E-state index in [1.165, 1.54) is 18.2 Å². The van der Waals surface area contributed by atoms with E-state index in [9.17, 15) is 22.7 Å². The minimum atomic E-state index is -4.55. The molecule has 0 spiro atoms. The lowest BCUT2D eigenvalue weighted by Crippen LogP contribution is -2.13. The molecule has 1 N–H and O–H groups in total. The predicted molar refractivity (Wildman–Crippen MR) is 71.3 cm³/mol. The van der Waals surface area contributed by atoms with Gasteiger partial charge >= 0.3 is 6.18 Å². The zero-order valence-electron chi connectivity index (χ0n) is 10.6. The van der Waals surface area contributed by atoms with Gasteiger partial charge in [0.1, 0.15) is 5.82 Å². The lowest BCUT2D eigenvalue weighted by molar-refractivity contribution is -0.139. The first-order valence-electron chi connectivity index (χ1n) is 5.95. The van der Waals surface area contributed by atoms with E-state index >= 15 is 0 Å². The summed E-state index contributed by atoms with van der Waals surface area (Å²) in [6.07, 6.45) is -3.87. The van der Waals surface area contributed by atoms with Gasteiger partial charge in [-0.3, -0.25) is 4.98 Å². The summed E-state index contributed by atoms with van der Waals surface area (Å²) < 4.78 is 51.5. The molecule has 1 unspecified atom stereocenters. The number of rotatable bonds is 4. The van der Waals surface area contributed by atoms with Crippen molar-refractivity contribution in [2.45, 2.75) is 17.2 Å². The number of aromatic nitrogens is 1. The Balaban J connectivity index is 2.12. The molecule has 0 aliphatic rings. The van der Waals surface area contributed by atoms with E-state index in [1.807, 2.05) is 0 Å². The number of aliphatic hydroxyl groups is 1. The molecule has 0 aliphatic heterocycles. The minimum absolute atomic E-state index is 0.0295. The van der Waals surface area contributed by atoms with Crippen molar-refractivity contribution in [1.82, 2.24) is 4.98 Å². The van der Waals surface area contributed by atoms with Gasteiger partial charge in [0.2, 0.25) is 0 Å². The van der Waals surface area contributed by atoms with Crippen molar-refractivity contribution in [2.75, 3.05) is 5.75 Å². The number of thioether (sulfide) groups is 1. The van der Waals surface area contributed by atoms with Crippen LogP contribution in [-0.4, -0.2) is 15.8 Å². The van der Waals surface area contributed by atoms with E-state index in [0.717, 1.165) is 30.2 Å². The van der Waals surface area contributed by atoms with Gasteiger partial charge in [0.25, 0.3) is 0 Å². The van der Waals surface area contributed by atoms with Crippen molar-refractivity contribution >= 4 is 11.8 Å². The third kappa shape index (κ3) is 4.18. The second kappa shape index (κ2) is 6.44. The molecule has 1 atom stereocenters. The summed E-state index contributed by atoms with van der Waals surface area (Å²) in [5.74, 6) is -0.468. The fourth-order valence-electron chi connectivity index (χ4n) is 1.75. The molecular formula is C14H11F4NOS. The van der Waals surface area contributed by atoms with Crippen molar-refractivity contribution in [3.05, 3.63) is 59.7 Å². The first kappa shape index (κ1) is 15.8. The summed E-state index contributed by atoms with van der Waals surface area (Å²) in [4.78, 5) is 4.15. The quantitative estimate of drug-likeness (QED) is 0.682. The number of halogens is 4. The fraction of sp³-hybridized carbons (Fsp3) is 0.214. The molecule has 2 aromatic rings. The van der Waals surface area contributed by atoms with Crippen LogP contribution in [0.15, 0.2) is 47.6 Å². The lowest BCUT2D eigenvalue weighted by Gasteiger charge is -2.16. The van der Waals surface area contributed by atoms with E-state index in [4.69, 9.17) is 0 Å². The average Bonchev–Trinajstić information content (AvgIpc) is 2.44. The van der Waals surface area contributed by atoms with Crippen molar-refractivity contribution in [3.8, 4) is 0 Å². The Morgan fingerprint density at radius 3 is 2.67 bits per heavy atom. The molecular weight excluding hydrogens is 306 g/mol. The van der Waals surface area contributed by atoms with E-state index in [0.29, 0.717) is 4.90 Å². The summed E-state index contributed by atoms with van der Waals surface area (Å²) in [7, 11) is 0. The maximum atomic E-state index is 13.0. The van der Waals surface area contributed by atoms with Crippen molar-refractivity contribution in [1.29, 1.82) is 0 Å². The Morgan fingerprint density at radius 1 is 1.24 bits per heavy atom. The number of nitrogens with zero attached hydrogens (tertiary/aromatic N) is 1. The smallest absolute Gasteiger partial charge is 0.387 e. The van der Waals surface area contributed by atoms with Crippen LogP contribution in [0.2, 0.25) is 0 Å². The number of aliphatic hydroxyl groups excluding tert-OH is 1. The SMILES string of the molecule is OC(CSc1cccc(F)c1)c1cnccc1C(F)(F)F. The maximum Gasteiger partial charge on any atom is 0.416 e. The monoisotopic (exact) mass is 317 g/mol. The molecule has 0 bridgehead atoms. The number of hydrogen-bond donors (Lipinski definition) is 1. The van der Waals surface area contributed by atoms with Gasteiger partial charge < -0.3 is 5.11 Å². The summed E-state index contributed by atoms with van der Waals surface area (Å²) in [6.45, 7) is 0. The topological polar surface area (TPSA) is 33.1 Å². The third-order valence-electron chi connectivity index (χ3n) is 2.72. The van der Waals surface area contributed by atoms with E-state index in [2.05, 4.69) is 4.98 Å². The van der Waals surface area contributed by atoms with Crippen LogP contribution in [-0.2, 0) is 6.18 Å². The van der Waals surface area contributed by atoms with Crippen molar-refractivity contribution in [3.63, 3.8) is 0 Å². The van der Waals surface area contributed by atoms with Crippen LogP contribution in [0.1, 0.15) is 17.2 Å². The standard InChI is InChI=1S/C14H11F4NOS/c15-9-2-1-3-10(6-9)21-8-13(20)11-7-19-5-4-12(11)14(16,17)18/h1-7,13,20H,8H2. The molecule has 112 valence electrons. The van der Waals surface area contributed by atoms with Crippen LogP contribution in [0, 0.1) is 5.82 Å². The second-order valence-corrected chi connectivity index (χ2v) is 5.34. The molecule has 0 saturated carbocycles. The zero-order chi connectivity index (χ0) is 15.5. The highest BCUT2D eigenvalue weighted by atomic mass is 32.2. The van der Waals surface area contributed by atoms with Crippen LogP contribution in [0.25, 0.3) is 0 Å². The summed E-state index contributed by atoms with van der Waals surface area (Å²) >= 11 is 1.07. The Bertz CT molecular complexity index is 618. The molecule has 7 heteroatoms. The highest BCUT2D eigenvalue weighted by molar-refractivity contribution is 7.99. The Morgan fingerprint density at radius 2 is 2.00 bits per heavy atom. The number of hydrogen-bond acceptors (Lipinski definition) is 3. The largest absolute Gasteiger partial charge is 0.416 e. The van der Waals surface area contributed by atoms with Crippen molar-refractivity contribution < 1.29 is 22.7 Å². The molecule has 1 heterocycles. The molecule has 0 amide bonds. The molecule has 21 heavy (non-hydrogen) atoms. The first-order chi connectivity index (χ1) is 9.88. The van der Waals surface area contributed by atoms with Crippen molar-refractivity contribution in [2.24, 2.45) is 0 Å². The zero-order valence-corrected chi connectivity index (χ0v) is 11.5. The number of pyridine rings is 1. The maximum absolute atomic E-state index is 13.0. The minimum Gasteiger partial charge on any atom is -0.387 e. The Labute approximate surface area is 122 Å². The predicted octanol–water partition coefficient (Wildman–Crippen LogP) is 4.07. The van der Waals surface area contributed by atoms with E-state index in [-0.39, 0.29) is 11.3 Å². The van der Waals surface area contributed by atoms with E-state index < -0.39 is 23.7 Å². The molecule has 1 aromatic carbocycles. The second-order valence-electron chi connectivity index (χ2n) is 4.24. The van der Waals surface area contributed by atoms with Crippen LogP contribution < -0.4 is 0 Å². The molecule has 0 radical (unpaired) electrons. The normalized spacial score (nSPS) is 13.2. The summed E-state index contributed by atoms with van der Waals surface area (Å²) in [6, 6.07) is 6.46. The van der Waals surface area contributed by atoms with Gasteiger partial charge in [-0.1, -0.05) is 6.07 Å². The van der Waals surface area contributed by atoms with Gasteiger partial charge in [0.15, 0.2) is 0 Å². The van der Waals surface area contributed by atoms with Gasteiger partial charge in [-0.2, -0.15) is 13.2 Å².